The maximum atomic E-state index is 10.4. The average Bonchev–Trinajstić information content (AvgIpc) is 2.26. The van der Waals surface area contributed by atoms with Gasteiger partial charge in [-0.2, -0.15) is 23.5 Å². The van der Waals surface area contributed by atoms with Crippen LogP contribution in [0.5, 0.6) is 0 Å². The van der Waals surface area contributed by atoms with Crippen LogP contribution >= 0.6 is 48.3 Å². The summed E-state index contributed by atoms with van der Waals surface area (Å²) in [4.78, 5) is 20.8. The fourth-order valence-electron chi connectivity index (χ4n) is 0.826. The summed E-state index contributed by atoms with van der Waals surface area (Å²) in [6, 6.07) is -1.62. The molecule has 0 saturated carbocycles. The van der Waals surface area contributed by atoms with Crippen LogP contribution in [0.2, 0.25) is 0 Å². The van der Waals surface area contributed by atoms with Crippen molar-refractivity contribution >= 4 is 60.3 Å². The van der Waals surface area contributed by atoms with Gasteiger partial charge in [-0.3, -0.25) is 9.59 Å². The van der Waals surface area contributed by atoms with E-state index in [0.29, 0.717) is 11.5 Å². The van der Waals surface area contributed by atoms with Crippen LogP contribution in [-0.2, 0) is 9.59 Å². The zero-order valence-corrected chi connectivity index (χ0v) is 13.5. The van der Waals surface area contributed by atoms with Gasteiger partial charge in [0, 0.05) is 11.5 Å². The fraction of sp³-hybridized carbons (Fsp3) is 0.778. The van der Waals surface area contributed by atoms with Crippen molar-refractivity contribution in [2.45, 2.75) is 18.5 Å². The summed E-state index contributed by atoms with van der Waals surface area (Å²) in [5.74, 6) is 0.453. The molecular weight excluding hydrogens is 335 g/mol. The molecule has 0 aliphatic rings. The van der Waals surface area contributed by atoms with E-state index in [1.807, 2.05) is 0 Å². The second-order valence-corrected chi connectivity index (χ2v) is 5.69. The SMILES string of the molecule is Cl.Cl.N[C@@H](CSCCCSC[C@H](N)C(=O)O)C(=O)O. The highest BCUT2D eigenvalue weighted by Gasteiger charge is 2.11. The molecule has 0 radical (unpaired) electrons. The Morgan fingerprint density at radius 3 is 1.47 bits per heavy atom. The van der Waals surface area contributed by atoms with Crippen molar-refractivity contribution in [2.24, 2.45) is 11.5 Å². The standard InChI is InChI=1S/C9H18N2O4S2.2ClH/c10-6(8(12)13)4-16-2-1-3-17-5-7(11)9(14)15;;/h6-7H,1-5,10-11H2,(H,12,13)(H,14,15);2*1H/t6-,7-;;/m0../s1. The minimum atomic E-state index is -0.987. The molecule has 116 valence electrons. The maximum Gasteiger partial charge on any atom is 0.321 e. The molecule has 0 heterocycles. The predicted octanol–water partition coefficient (Wildman–Crippen LogP) is 0.510. The van der Waals surface area contributed by atoms with Crippen molar-refractivity contribution in [1.82, 2.24) is 0 Å². The summed E-state index contributed by atoms with van der Waals surface area (Å²) in [5, 5.41) is 17.0. The summed E-state index contributed by atoms with van der Waals surface area (Å²) in [5.41, 5.74) is 10.6. The Morgan fingerprint density at radius 1 is 0.895 bits per heavy atom. The van der Waals surface area contributed by atoms with Gasteiger partial charge in [0.25, 0.3) is 0 Å². The first-order valence-corrected chi connectivity index (χ1v) is 7.38. The Balaban J connectivity index is -0.00000128. The Hall–Kier alpha value is 0.140. The van der Waals surface area contributed by atoms with Crippen LogP contribution in [0.4, 0.5) is 0 Å². The molecular formula is C9H20Cl2N2O4S2. The summed E-state index contributed by atoms with van der Waals surface area (Å²) < 4.78 is 0. The van der Waals surface area contributed by atoms with E-state index < -0.39 is 24.0 Å². The first kappa shape index (κ1) is 24.2. The third kappa shape index (κ3) is 14.4. The lowest BCUT2D eigenvalue weighted by Gasteiger charge is -2.07. The molecule has 19 heavy (non-hydrogen) atoms. The molecule has 0 aromatic carbocycles. The van der Waals surface area contributed by atoms with Gasteiger partial charge in [-0.15, -0.1) is 24.8 Å². The average molecular weight is 355 g/mol. The lowest BCUT2D eigenvalue weighted by atomic mass is 10.4. The maximum absolute atomic E-state index is 10.4. The van der Waals surface area contributed by atoms with E-state index in [2.05, 4.69) is 0 Å². The van der Waals surface area contributed by atoms with Crippen molar-refractivity contribution in [1.29, 1.82) is 0 Å². The van der Waals surface area contributed by atoms with E-state index in [1.165, 1.54) is 23.5 Å². The second-order valence-electron chi connectivity index (χ2n) is 3.39. The Bertz CT molecular complexity index is 238. The number of aliphatic carboxylic acids is 2. The van der Waals surface area contributed by atoms with Crippen LogP contribution in [0.3, 0.4) is 0 Å². The molecule has 2 atom stereocenters. The highest BCUT2D eigenvalue weighted by molar-refractivity contribution is 8.00. The number of carboxylic acid groups (broad SMARTS) is 2. The lowest BCUT2D eigenvalue weighted by molar-refractivity contribution is -0.138. The van der Waals surface area contributed by atoms with Crippen molar-refractivity contribution in [3.63, 3.8) is 0 Å². The van der Waals surface area contributed by atoms with Gasteiger partial charge in [0.15, 0.2) is 0 Å². The molecule has 0 bridgehead atoms. The molecule has 0 amide bonds. The Kier molecular flexibility index (Phi) is 18.5. The fourth-order valence-corrected chi connectivity index (χ4v) is 2.83. The molecule has 0 aliphatic carbocycles. The third-order valence-corrected chi connectivity index (χ3v) is 4.15. The normalized spacial score (nSPS) is 12.7. The molecule has 10 heteroatoms. The van der Waals surface area contributed by atoms with Crippen LogP contribution < -0.4 is 11.5 Å². The van der Waals surface area contributed by atoms with E-state index in [0.717, 1.165) is 17.9 Å². The lowest BCUT2D eigenvalue weighted by Crippen LogP contribution is -2.32. The van der Waals surface area contributed by atoms with E-state index in [1.54, 1.807) is 0 Å². The van der Waals surface area contributed by atoms with Gasteiger partial charge >= 0.3 is 11.9 Å². The molecule has 0 aromatic rings. The van der Waals surface area contributed by atoms with Crippen LogP contribution in [0.1, 0.15) is 6.42 Å². The summed E-state index contributed by atoms with van der Waals surface area (Å²) in [6.45, 7) is 0. The Morgan fingerprint density at radius 2 is 1.21 bits per heavy atom. The van der Waals surface area contributed by atoms with Crippen LogP contribution in [0.15, 0.2) is 0 Å². The highest BCUT2D eigenvalue weighted by atomic mass is 35.5. The molecule has 6 nitrogen and oxygen atoms in total. The minimum absolute atomic E-state index is 0. The van der Waals surface area contributed by atoms with Gasteiger partial charge in [-0.1, -0.05) is 0 Å². The molecule has 0 unspecified atom stereocenters. The number of hydrogen-bond donors (Lipinski definition) is 4. The zero-order valence-electron chi connectivity index (χ0n) is 10.2. The van der Waals surface area contributed by atoms with E-state index in [-0.39, 0.29) is 24.8 Å². The highest BCUT2D eigenvalue weighted by Crippen LogP contribution is 2.09. The van der Waals surface area contributed by atoms with Gasteiger partial charge in [-0.05, 0) is 17.9 Å². The predicted molar refractivity (Wildman–Crippen MR) is 85.0 cm³/mol. The number of carbonyl (C=O) groups is 2. The summed E-state index contributed by atoms with van der Waals surface area (Å²) in [6.07, 6.45) is 0.883. The van der Waals surface area contributed by atoms with E-state index in [4.69, 9.17) is 21.7 Å². The molecule has 0 spiro atoms. The largest absolute Gasteiger partial charge is 0.480 e. The number of halogens is 2. The molecule has 0 fully saturated rings. The molecule has 0 saturated heterocycles. The summed E-state index contributed by atoms with van der Waals surface area (Å²) in [7, 11) is 0. The number of hydrogen-bond acceptors (Lipinski definition) is 6. The molecule has 0 aliphatic heterocycles. The van der Waals surface area contributed by atoms with Crippen molar-refractivity contribution < 1.29 is 19.8 Å². The number of rotatable bonds is 10. The molecule has 0 rings (SSSR count). The number of nitrogens with two attached hydrogens (primary N) is 2. The molecule has 6 N–H and O–H groups in total. The first-order chi connectivity index (χ1) is 7.95. The molecule has 0 aromatic heterocycles. The van der Waals surface area contributed by atoms with Gasteiger partial charge in [0.1, 0.15) is 12.1 Å². The second kappa shape index (κ2) is 14.5. The van der Waals surface area contributed by atoms with Crippen molar-refractivity contribution in [2.75, 3.05) is 23.0 Å². The zero-order chi connectivity index (χ0) is 13.3. The smallest absolute Gasteiger partial charge is 0.321 e. The monoisotopic (exact) mass is 354 g/mol. The van der Waals surface area contributed by atoms with Gasteiger partial charge in [-0.25, -0.2) is 0 Å². The van der Waals surface area contributed by atoms with Crippen LogP contribution in [0, 0.1) is 0 Å². The van der Waals surface area contributed by atoms with E-state index >= 15 is 0 Å². The van der Waals surface area contributed by atoms with Crippen molar-refractivity contribution in [3.05, 3.63) is 0 Å². The van der Waals surface area contributed by atoms with Gasteiger partial charge in [0.05, 0.1) is 0 Å². The van der Waals surface area contributed by atoms with Gasteiger partial charge < -0.3 is 21.7 Å². The quantitative estimate of drug-likeness (QED) is 0.418. The van der Waals surface area contributed by atoms with E-state index in [9.17, 15) is 9.59 Å². The third-order valence-electron chi connectivity index (χ3n) is 1.81. The van der Waals surface area contributed by atoms with Gasteiger partial charge in [0.2, 0.25) is 0 Å². The van der Waals surface area contributed by atoms with Crippen molar-refractivity contribution in [3.8, 4) is 0 Å². The number of carboxylic acids is 2. The minimum Gasteiger partial charge on any atom is -0.480 e. The summed E-state index contributed by atoms with van der Waals surface area (Å²) >= 11 is 2.98. The van der Waals surface area contributed by atoms with Crippen LogP contribution in [-0.4, -0.2) is 57.2 Å². The Labute approximate surface area is 133 Å². The number of thioether (sulfide) groups is 2. The first-order valence-electron chi connectivity index (χ1n) is 5.07. The topological polar surface area (TPSA) is 127 Å². The van der Waals surface area contributed by atoms with Crippen LogP contribution in [0.25, 0.3) is 0 Å².